The molecule has 0 saturated carbocycles. The van der Waals surface area contributed by atoms with Gasteiger partial charge in [0.15, 0.2) is 0 Å². The van der Waals surface area contributed by atoms with Crippen LogP contribution in [0.3, 0.4) is 0 Å². The van der Waals surface area contributed by atoms with Crippen molar-refractivity contribution in [3.8, 4) is 5.75 Å². The summed E-state index contributed by atoms with van der Waals surface area (Å²) in [4.78, 5) is 1.26. The molecule has 0 fully saturated rings. The highest BCUT2D eigenvalue weighted by molar-refractivity contribution is 7.98. The Kier molecular flexibility index (Phi) is 7.99. The lowest BCUT2D eigenvalue weighted by Crippen LogP contribution is -2.12. The van der Waals surface area contributed by atoms with E-state index in [4.69, 9.17) is 9.47 Å². The molecule has 0 atom stereocenters. The van der Waals surface area contributed by atoms with E-state index in [1.807, 2.05) is 23.9 Å². The van der Waals surface area contributed by atoms with Crippen LogP contribution in [0.1, 0.15) is 19.4 Å². The molecule has 0 aromatic heterocycles. The van der Waals surface area contributed by atoms with E-state index in [1.54, 1.807) is 7.11 Å². The van der Waals surface area contributed by atoms with Crippen LogP contribution >= 0.6 is 11.8 Å². The zero-order valence-corrected chi connectivity index (χ0v) is 15.6. The highest BCUT2D eigenvalue weighted by atomic mass is 32.2. The van der Waals surface area contributed by atoms with Gasteiger partial charge in [0.25, 0.3) is 0 Å². The monoisotopic (exact) mass is 345 g/mol. The minimum Gasteiger partial charge on any atom is -0.497 e. The summed E-state index contributed by atoms with van der Waals surface area (Å²) in [7, 11) is 1.69. The van der Waals surface area contributed by atoms with Gasteiger partial charge in [0.05, 0.1) is 13.7 Å². The van der Waals surface area contributed by atoms with Gasteiger partial charge in [-0.3, -0.25) is 0 Å². The Balaban J connectivity index is 1.83. The van der Waals surface area contributed by atoms with Crippen LogP contribution in [0.4, 0.5) is 5.69 Å². The summed E-state index contributed by atoms with van der Waals surface area (Å²) in [6.45, 7) is 6.70. The predicted octanol–water partition coefficient (Wildman–Crippen LogP) is 5.07. The van der Waals surface area contributed by atoms with Crippen LogP contribution < -0.4 is 10.1 Å². The van der Waals surface area contributed by atoms with Crippen LogP contribution in [0, 0.1) is 5.92 Å². The lowest BCUT2D eigenvalue weighted by atomic mass is 10.2. The zero-order chi connectivity index (χ0) is 17.2. The van der Waals surface area contributed by atoms with Crippen molar-refractivity contribution in [3.63, 3.8) is 0 Å². The molecule has 0 radical (unpaired) electrons. The molecule has 2 aromatic rings. The van der Waals surface area contributed by atoms with Gasteiger partial charge in [-0.2, -0.15) is 0 Å². The van der Waals surface area contributed by atoms with Gasteiger partial charge >= 0.3 is 0 Å². The van der Waals surface area contributed by atoms with Crippen LogP contribution in [0.25, 0.3) is 0 Å². The van der Waals surface area contributed by atoms with E-state index in [9.17, 15) is 0 Å². The maximum atomic E-state index is 5.63. The summed E-state index contributed by atoms with van der Waals surface area (Å²) >= 11 is 1.84. The molecule has 2 aromatic carbocycles. The molecule has 0 spiro atoms. The Labute approximate surface area is 149 Å². The standard InChI is InChI=1S/C20H27NO2S/c1-16(2)14-23-13-12-21-19-6-4-5-7-20(19)24-15-17-8-10-18(22-3)11-9-17/h4-11,16,21H,12-15H2,1-3H3. The molecule has 0 amide bonds. The molecule has 0 unspecified atom stereocenters. The van der Waals surface area contributed by atoms with Crippen molar-refractivity contribution in [3.05, 3.63) is 54.1 Å². The average molecular weight is 346 g/mol. The summed E-state index contributed by atoms with van der Waals surface area (Å²) in [6, 6.07) is 16.7. The highest BCUT2D eigenvalue weighted by Crippen LogP contribution is 2.30. The van der Waals surface area contributed by atoms with Crippen LogP contribution in [-0.2, 0) is 10.5 Å². The number of para-hydroxylation sites is 1. The van der Waals surface area contributed by atoms with Crippen LogP contribution in [-0.4, -0.2) is 26.9 Å². The predicted molar refractivity (Wildman–Crippen MR) is 103 cm³/mol. The summed E-state index contributed by atoms with van der Waals surface area (Å²) in [5.74, 6) is 2.41. The zero-order valence-electron chi connectivity index (χ0n) is 14.7. The van der Waals surface area contributed by atoms with Crippen molar-refractivity contribution in [2.75, 3.05) is 32.2 Å². The van der Waals surface area contributed by atoms with Crippen molar-refractivity contribution < 1.29 is 9.47 Å². The lowest BCUT2D eigenvalue weighted by molar-refractivity contribution is 0.118. The van der Waals surface area contributed by atoms with Crippen molar-refractivity contribution in [1.82, 2.24) is 0 Å². The summed E-state index contributed by atoms with van der Waals surface area (Å²) in [5.41, 5.74) is 2.46. The molecule has 0 heterocycles. The fraction of sp³-hybridized carbons (Fsp3) is 0.400. The first-order chi connectivity index (χ1) is 11.7. The number of benzene rings is 2. The maximum absolute atomic E-state index is 5.63. The SMILES string of the molecule is COc1ccc(CSc2ccccc2NCCOCC(C)C)cc1. The number of hydrogen-bond donors (Lipinski definition) is 1. The molecule has 24 heavy (non-hydrogen) atoms. The highest BCUT2D eigenvalue weighted by Gasteiger charge is 2.03. The third kappa shape index (κ3) is 6.46. The maximum Gasteiger partial charge on any atom is 0.118 e. The van der Waals surface area contributed by atoms with Crippen LogP contribution in [0.2, 0.25) is 0 Å². The topological polar surface area (TPSA) is 30.5 Å². The second-order valence-electron chi connectivity index (χ2n) is 6.03. The Morgan fingerprint density at radius 1 is 1.04 bits per heavy atom. The molecular weight excluding hydrogens is 318 g/mol. The first-order valence-electron chi connectivity index (χ1n) is 8.35. The normalized spacial score (nSPS) is 10.8. The number of thioether (sulfide) groups is 1. The summed E-state index contributed by atoms with van der Waals surface area (Å²) in [5, 5.41) is 3.48. The first kappa shape index (κ1) is 18.7. The smallest absolute Gasteiger partial charge is 0.118 e. The summed E-state index contributed by atoms with van der Waals surface area (Å²) < 4.78 is 10.8. The largest absolute Gasteiger partial charge is 0.497 e. The number of nitrogens with one attached hydrogen (secondary N) is 1. The third-order valence-corrected chi connectivity index (χ3v) is 4.60. The molecule has 0 bridgehead atoms. The van der Waals surface area contributed by atoms with Gasteiger partial charge < -0.3 is 14.8 Å². The molecular formula is C20H27NO2S. The molecule has 130 valence electrons. The Morgan fingerprint density at radius 3 is 2.50 bits per heavy atom. The number of methoxy groups -OCH3 is 1. The van der Waals surface area contributed by atoms with Crippen molar-refractivity contribution in [2.24, 2.45) is 5.92 Å². The van der Waals surface area contributed by atoms with E-state index < -0.39 is 0 Å². The third-order valence-electron chi connectivity index (χ3n) is 3.45. The van der Waals surface area contributed by atoms with Gasteiger partial charge in [-0.05, 0) is 35.7 Å². The van der Waals surface area contributed by atoms with Gasteiger partial charge in [0.1, 0.15) is 5.75 Å². The quantitative estimate of drug-likeness (QED) is 0.481. The van der Waals surface area contributed by atoms with E-state index >= 15 is 0 Å². The number of hydrogen-bond acceptors (Lipinski definition) is 4. The van der Waals surface area contributed by atoms with Crippen molar-refractivity contribution in [1.29, 1.82) is 0 Å². The van der Waals surface area contributed by atoms with E-state index in [0.717, 1.165) is 31.3 Å². The van der Waals surface area contributed by atoms with Crippen LogP contribution in [0.15, 0.2) is 53.4 Å². The molecule has 0 aliphatic carbocycles. The summed E-state index contributed by atoms with van der Waals surface area (Å²) in [6.07, 6.45) is 0. The Bertz CT molecular complexity index is 599. The molecule has 4 heteroatoms. The molecule has 0 saturated heterocycles. The van der Waals surface area contributed by atoms with E-state index in [-0.39, 0.29) is 0 Å². The Hall–Kier alpha value is -1.65. The van der Waals surface area contributed by atoms with Gasteiger partial charge in [0, 0.05) is 29.5 Å². The first-order valence-corrected chi connectivity index (χ1v) is 9.34. The number of ether oxygens (including phenoxy) is 2. The molecule has 3 nitrogen and oxygen atoms in total. The number of rotatable bonds is 10. The second-order valence-corrected chi connectivity index (χ2v) is 7.05. The molecule has 0 aliphatic rings. The van der Waals surface area contributed by atoms with Gasteiger partial charge in [0.2, 0.25) is 0 Å². The van der Waals surface area contributed by atoms with E-state index in [2.05, 4.69) is 55.6 Å². The minimum absolute atomic E-state index is 0.581. The van der Waals surface area contributed by atoms with Crippen molar-refractivity contribution >= 4 is 17.4 Å². The van der Waals surface area contributed by atoms with Crippen LogP contribution in [0.5, 0.6) is 5.75 Å². The average Bonchev–Trinajstić information content (AvgIpc) is 2.60. The van der Waals surface area contributed by atoms with E-state index in [1.165, 1.54) is 16.1 Å². The van der Waals surface area contributed by atoms with Gasteiger partial charge in [-0.1, -0.05) is 38.1 Å². The molecule has 0 aliphatic heterocycles. The second kappa shape index (κ2) is 10.3. The van der Waals surface area contributed by atoms with E-state index in [0.29, 0.717) is 5.92 Å². The van der Waals surface area contributed by atoms with Gasteiger partial charge in [-0.25, -0.2) is 0 Å². The fourth-order valence-corrected chi connectivity index (χ4v) is 3.18. The fourth-order valence-electron chi connectivity index (χ4n) is 2.20. The number of anilines is 1. The minimum atomic E-state index is 0.581. The Morgan fingerprint density at radius 2 is 1.79 bits per heavy atom. The van der Waals surface area contributed by atoms with Gasteiger partial charge in [-0.15, -0.1) is 11.8 Å². The lowest BCUT2D eigenvalue weighted by Gasteiger charge is -2.12. The van der Waals surface area contributed by atoms with Crippen molar-refractivity contribution in [2.45, 2.75) is 24.5 Å². The molecule has 1 N–H and O–H groups in total. The molecule has 2 rings (SSSR count).